The van der Waals surface area contributed by atoms with Gasteiger partial charge in [-0.1, -0.05) is 13.8 Å². The van der Waals surface area contributed by atoms with E-state index in [1.165, 1.54) is 6.20 Å². The minimum atomic E-state index is -0.552. The van der Waals surface area contributed by atoms with E-state index in [0.717, 1.165) is 43.3 Å². The standard InChI is InChI=1S/C21H32N6O3/c1-13(2)18(26-7-9-30-10-8-26)12-23-19(28)6-5-16-14(3)25-21-17(20(22)29)11-24-27(21)15(16)4/h11,13,18H,5-10,12H2,1-4H3,(H2,22,29)(H,23,28). The number of fused-ring (bicyclic) bond motifs is 1. The first-order valence-corrected chi connectivity index (χ1v) is 10.5. The summed E-state index contributed by atoms with van der Waals surface area (Å²) in [4.78, 5) is 31.0. The van der Waals surface area contributed by atoms with Crippen LogP contribution in [0.5, 0.6) is 0 Å². The lowest BCUT2D eigenvalue weighted by Crippen LogP contribution is -2.51. The van der Waals surface area contributed by atoms with Crippen molar-refractivity contribution in [2.45, 2.75) is 46.6 Å². The van der Waals surface area contributed by atoms with Gasteiger partial charge in [0.25, 0.3) is 5.91 Å². The Morgan fingerprint density at radius 2 is 1.97 bits per heavy atom. The Labute approximate surface area is 177 Å². The first kappa shape index (κ1) is 22.2. The summed E-state index contributed by atoms with van der Waals surface area (Å²) in [5.41, 5.74) is 8.76. The minimum absolute atomic E-state index is 0.0195. The van der Waals surface area contributed by atoms with Crippen LogP contribution >= 0.6 is 0 Å². The monoisotopic (exact) mass is 416 g/mol. The zero-order valence-electron chi connectivity index (χ0n) is 18.3. The Kier molecular flexibility index (Phi) is 7.04. The number of rotatable bonds is 8. The first-order valence-electron chi connectivity index (χ1n) is 10.5. The van der Waals surface area contributed by atoms with E-state index in [2.05, 4.69) is 34.1 Å². The van der Waals surface area contributed by atoms with Crippen LogP contribution in [0, 0.1) is 19.8 Å². The Morgan fingerprint density at radius 3 is 2.60 bits per heavy atom. The number of aryl methyl sites for hydroxylation is 2. The highest BCUT2D eigenvalue weighted by Gasteiger charge is 2.24. The molecule has 30 heavy (non-hydrogen) atoms. The summed E-state index contributed by atoms with van der Waals surface area (Å²) in [6, 6.07) is 0.302. The molecule has 0 spiro atoms. The highest BCUT2D eigenvalue weighted by molar-refractivity contribution is 5.98. The summed E-state index contributed by atoms with van der Waals surface area (Å²) in [7, 11) is 0. The van der Waals surface area contributed by atoms with Crippen molar-refractivity contribution >= 4 is 17.5 Å². The average Bonchev–Trinajstić information content (AvgIpc) is 3.12. The lowest BCUT2D eigenvalue weighted by molar-refractivity contribution is -0.121. The van der Waals surface area contributed by atoms with E-state index >= 15 is 0 Å². The summed E-state index contributed by atoms with van der Waals surface area (Å²) < 4.78 is 7.06. The summed E-state index contributed by atoms with van der Waals surface area (Å²) >= 11 is 0. The van der Waals surface area contributed by atoms with Gasteiger partial charge in [-0.25, -0.2) is 9.50 Å². The second kappa shape index (κ2) is 9.53. The fourth-order valence-corrected chi connectivity index (χ4v) is 4.09. The summed E-state index contributed by atoms with van der Waals surface area (Å²) in [5, 5.41) is 7.34. The van der Waals surface area contributed by atoms with Crippen LogP contribution in [0.1, 0.15) is 47.6 Å². The Balaban J connectivity index is 1.62. The van der Waals surface area contributed by atoms with Gasteiger partial charge in [0.05, 0.1) is 19.4 Å². The number of hydrogen-bond donors (Lipinski definition) is 2. The van der Waals surface area contributed by atoms with Crippen LogP contribution in [-0.4, -0.2) is 70.2 Å². The molecular formula is C21H32N6O3. The van der Waals surface area contributed by atoms with Gasteiger partial charge >= 0.3 is 0 Å². The Morgan fingerprint density at radius 1 is 1.27 bits per heavy atom. The first-order chi connectivity index (χ1) is 14.3. The van der Waals surface area contributed by atoms with Crippen LogP contribution in [-0.2, 0) is 16.0 Å². The number of ether oxygens (including phenoxy) is 1. The normalized spacial score (nSPS) is 16.2. The van der Waals surface area contributed by atoms with Gasteiger partial charge in [-0.2, -0.15) is 5.10 Å². The van der Waals surface area contributed by atoms with Crippen LogP contribution in [0.2, 0.25) is 0 Å². The van der Waals surface area contributed by atoms with E-state index in [1.54, 1.807) is 4.52 Å². The van der Waals surface area contributed by atoms with Crippen LogP contribution in [0.15, 0.2) is 6.20 Å². The molecule has 1 fully saturated rings. The number of nitrogens with zero attached hydrogens (tertiary/aromatic N) is 4. The highest BCUT2D eigenvalue weighted by Crippen LogP contribution is 2.18. The third-order valence-electron chi connectivity index (χ3n) is 5.87. The molecule has 0 saturated carbocycles. The molecule has 1 atom stereocenters. The number of nitrogens with one attached hydrogen (secondary N) is 1. The van der Waals surface area contributed by atoms with Crippen molar-refractivity contribution in [1.29, 1.82) is 0 Å². The molecule has 0 radical (unpaired) electrons. The highest BCUT2D eigenvalue weighted by atomic mass is 16.5. The van der Waals surface area contributed by atoms with E-state index in [9.17, 15) is 9.59 Å². The number of aromatic nitrogens is 3. The van der Waals surface area contributed by atoms with Crippen LogP contribution in [0.25, 0.3) is 5.65 Å². The Bertz CT molecular complexity index is 917. The predicted molar refractivity (Wildman–Crippen MR) is 113 cm³/mol. The van der Waals surface area contributed by atoms with Gasteiger partial charge < -0.3 is 15.8 Å². The van der Waals surface area contributed by atoms with Crippen molar-refractivity contribution in [2.24, 2.45) is 11.7 Å². The lowest BCUT2D eigenvalue weighted by atomic mass is 10.0. The van der Waals surface area contributed by atoms with Crippen molar-refractivity contribution in [3.8, 4) is 0 Å². The number of primary amides is 1. The van der Waals surface area contributed by atoms with Gasteiger partial charge in [-0.05, 0) is 31.7 Å². The van der Waals surface area contributed by atoms with E-state index in [4.69, 9.17) is 10.5 Å². The Hall–Kier alpha value is -2.52. The molecular weight excluding hydrogens is 384 g/mol. The van der Waals surface area contributed by atoms with Gasteiger partial charge in [0.2, 0.25) is 5.91 Å². The molecule has 3 rings (SSSR count). The van der Waals surface area contributed by atoms with Gasteiger partial charge in [0, 0.05) is 43.5 Å². The molecule has 2 aromatic rings. The van der Waals surface area contributed by atoms with Crippen molar-refractivity contribution in [3.63, 3.8) is 0 Å². The van der Waals surface area contributed by atoms with Crippen molar-refractivity contribution in [1.82, 2.24) is 24.8 Å². The van der Waals surface area contributed by atoms with E-state index in [0.29, 0.717) is 42.6 Å². The lowest BCUT2D eigenvalue weighted by Gasteiger charge is -2.36. The summed E-state index contributed by atoms with van der Waals surface area (Å²) in [6.07, 6.45) is 2.36. The molecule has 164 valence electrons. The molecule has 2 aromatic heterocycles. The minimum Gasteiger partial charge on any atom is -0.379 e. The third kappa shape index (κ3) is 4.79. The summed E-state index contributed by atoms with van der Waals surface area (Å²) in [6.45, 7) is 12.1. The predicted octanol–water partition coefficient (Wildman–Crippen LogP) is 0.851. The number of hydrogen-bond acceptors (Lipinski definition) is 6. The maximum absolute atomic E-state index is 12.5. The van der Waals surface area contributed by atoms with Gasteiger partial charge in [-0.15, -0.1) is 0 Å². The van der Waals surface area contributed by atoms with Gasteiger partial charge in [0.1, 0.15) is 5.56 Å². The molecule has 0 aromatic carbocycles. The second-order valence-electron chi connectivity index (χ2n) is 8.18. The van der Waals surface area contributed by atoms with Crippen LogP contribution < -0.4 is 11.1 Å². The van der Waals surface area contributed by atoms with Crippen molar-refractivity contribution in [2.75, 3.05) is 32.8 Å². The molecule has 2 amide bonds. The smallest absolute Gasteiger partial charge is 0.254 e. The van der Waals surface area contributed by atoms with Crippen molar-refractivity contribution in [3.05, 3.63) is 28.7 Å². The summed E-state index contributed by atoms with van der Waals surface area (Å²) in [5.74, 6) is -0.0896. The van der Waals surface area contributed by atoms with Gasteiger partial charge in [-0.3, -0.25) is 14.5 Å². The third-order valence-corrected chi connectivity index (χ3v) is 5.87. The van der Waals surface area contributed by atoms with E-state index in [-0.39, 0.29) is 5.91 Å². The van der Waals surface area contributed by atoms with Gasteiger partial charge in [0.15, 0.2) is 5.65 Å². The molecule has 3 N–H and O–H groups in total. The number of amides is 2. The molecule has 0 bridgehead atoms. The maximum Gasteiger partial charge on any atom is 0.254 e. The van der Waals surface area contributed by atoms with Crippen molar-refractivity contribution < 1.29 is 14.3 Å². The molecule has 9 nitrogen and oxygen atoms in total. The second-order valence-corrected chi connectivity index (χ2v) is 8.18. The molecule has 0 aliphatic carbocycles. The largest absolute Gasteiger partial charge is 0.379 e. The van der Waals surface area contributed by atoms with E-state index in [1.807, 2.05) is 13.8 Å². The number of carbonyl (C=O) groups is 2. The quantitative estimate of drug-likeness (QED) is 0.659. The number of nitrogens with two attached hydrogens (primary N) is 1. The molecule has 9 heteroatoms. The molecule has 1 aliphatic rings. The zero-order chi connectivity index (χ0) is 21.8. The zero-order valence-corrected chi connectivity index (χ0v) is 18.3. The fourth-order valence-electron chi connectivity index (χ4n) is 4.09. The molecule has 1 saturated heterocycles. The molecule has 1 unspecified atom stereocenters. The SMILES string of the molecule is Cc1nc2c(C(N)=O)cnn2c(C)c1CCC(=O)NCC(C(C)C)N1CCOCC1. The topological polar surface area (TPSA) is 115 Å². The molecule has 1 aliphatic heterocycles. The van der Waals surface area contributed by atoms with E-state index < -0.39 is 5.91 Å². The maximum atomic E-state index is 12.5. The fraction of sp³-hybridized carbons (Fsp3) is 0.619. The molecule has 3 heterocycles. The number of carbonyl (C=O) groups excluding carboxylic acids is 2. The average molecular weight is 417 g/mol. The van der Waals surface area contributed by atoms with Crippen LogP contribution in [0.4, 0.5) is 0 Å². The number of morpholine rings is 1. The van der Waals surface area contributed by atoms with Crippen LogP contribution in [0.3, 0.4) is 0 Å².